The summed E-state index contributed by atoms with van der Waals surface area (Å²) in [6.07, 6.45) is 6.77. The normalized spacial score (nSPS) is 17.0. The largest absolute Gasteiger partial charge is 0.497 e. The Morgan fingerprint density at radius 1 is 1.14 bits per heavy atom. The van der Waals surface area contributed by atoms with Gasteiger partial charge in [-0.05, 0) is 43.9 Å². The van der Waals surface area contributed by atoms with Crippen molar-refractivity contribution in [2.45, 2.75) is 57.9 Å². The highest BCUT2D eigenvalue weighted by Gasteiger charge is 2.40. The molecule has 1 aromatic carbocycles. The van der Waals surface area contributed by atoms with E-state index in [0.717, 1.165) is 44.6 Å². The van der Waals surface area contributed by atoms with E-state index in [4.69, 9.17) is 4.74 Å². The molecule has 0 bridgehead atoms. The minimum atomic E-state index is 0.0977. The van der Waals surface area contributed by atoms with Gasteiger partial charge in [0.25, 0.3) is 0 Å². The van der Waals surface area contributed by atoms with Crippen molar-refractivity contribution in [2.24, 2.45) is 0 Å². The molecule has 0 saturated carbocycles. The molecule has 1 aliphatic rings. The lowest BCUT2D eigenvalue weighted by atomic mass is 9.69. The van der Waals surface area contributed by atoms with Crippen LogP contribution in [0, 0.1) is 0 Å². The van der Waals surface area contributed by atoms with E-state index in [1.54, 1.807) is 0 Å². The topological polar surface area (TPSA) is 21.3 Å². The molecule has 0 amide bonds. The van der Waals surface area contributed by atoms with Gasteiger partial charge < -0.3 is 10.1 Å². The quantitative estimate of drug-likeness (QED) is 0.801. The Kier molecular flexibility index (Phi) is 5.86. The van der Waals surface area contributed by atoms with Crippen LogP contribution in [0.15, 0.2) is 42.2 Å². The van der Waals surface area contributed by atoms with E-state index in [0.29, 0.717) is 0 Å². The Balaban J connectivity index is 2.43. The molecule has 1 unspecified atom stereocenters. The standard InChI is InChI=1S/C19H29NO/c1-4-19(5-2,16-12-8-7-9-13-16)18(20-6-3)17-14-10-11-15-21-17/h7-9,12-14,18,20H,4-6,10-11,15H2,1-3H3. The molecule has 0 spiro atoms. The molecule has 1 aliphatic heterocycles. The summed E-state index contributed by atoms with van der Waals surface area (Å²) in [7, 11) is 0. The average Bonchev–Trinajstić information content (AvgIpc) is 2.57. The van der Waals surface area contributed by atoms with Crippen LogP contribution >= 0.6 is 0 Å². The van der Waals surface area contributed by atoms with Crippen LogP contribution in [0.25, 0.3) is 0 Å². The van der Waals surface area contributed by atoms with Gasteiger partial charge in [-0.2, -0.15) is 0 Å². The Hall–Kier alpha value is -1.28. The molecule has 21 heavy (non-hydrogen) atoms. The smallest absolute Gasteiger partial charge is 0.110 e. The van der Waals surface area contributed by atoms with Gasteiger partial charge in [-0.25, -0.2) is 0 Å². The third kappa shape index (κ3) is 3.32. The Bertz CT molecular complexity index is 448. The minimum Gasteiger partial charge on any atom is -0.497 e. The van der Waals surface area contributed by atoms with Gasteiger partial charge in [-0.1, -0.05) is 51.1 Å². The molecule has 116 valence electrons. The first kappa shape index (κ1) is 16.1. The molecule has 2 nitrogen and oxygen atoms in total. The highest BCUT2D eigenvalue weighted by atomic mass is 16.5. The number of allylic oxidation sites excluding steroid dienone is 1. The molecular formula is C19H29NO. The first-order valence-electron chi connectivity index (χ1n) is 8.40. The SMILES string of the molecule is CCNC(C1=CCCCO1)C(CC)(CC)c1ccccc1. The summed E-state index contributed by atoms with van der Waals surface area (Å²) in [4.78, 5) is 0. The van der Waals surface area contributed by atoms with Gasteiger partial charge in [0.15, 0.2) is 0 Å². The summed E-state index contributed by atoms with van der Waals surface area (Å²) in [6, 6.07) is 11.2. The van der Waals surface area contributed by atoms with Crippen molar-refractivity contribution in [1.82, 2.24) is 5.32 Å². The molecule has 2 heteroatoms. The number of nitrogens with one attached hydrogen (secondary N) is 1. The van der Waals surface area contributed by atoms with E-state index >= 15 is 0 Å². The van der Waals surface area contributed by atoms with E-state index in [9.17, 15) is 0 Å². The van der Waals surface area contributed by atoms with E-state index in [2.05, 4.69) is 62.5 Å². The fraction of sp³-hybridized carbons (Fsp3) is 0.579. The number of rotatable bonds is 7. The third-order valence-electron chi connectivity index (χ3n) is 4.82. The second-order valence-corrected chi connectivity index (χ2v) is 5.82. The zero-order valence-electron chi connectivity index (χ0n) is 13.7. The van der Waals surface area contributed by atoms with Crippen molar-refractivity contribution >= 4 is 0 Å². The number of likely N-dealkylation sites (N-methyl/N-ethyl adjacent to an activating group) is 1. The molecule has 1 heterocycles. The van der Waals surface area contributed by atoms with E-state index in [-0.39, 0.29) is 11.5 Å². The third-order valence-corrected chi connectivity index (χ3v) is 4.82. The van der Waals surface area contributed by atoms with Crippen LogP contribution in [0.1, 0.15) is 52.0 Å². The van der Waals surface area contributed by atoms with E-state index < -0.39 is 0 Å². The highest BCUT2D eigenvalue weighted by Crippen LogP contribution is 2.39. The molecule has 1 N–H and O–H groups in total. The first-order chi connectivity index (χ1) is 10.3. The van der Waals surface area contributed by atoms with Crippen LogP contribution in [0.5, 0.6) is 0 Å². The maximum atomic E-state index is 6.02. The lowest BCUT2D eigenvalue weighted by Gasteiger charge is -2.42. The van der Waals surface area contributed by atoms with Crippen molar-refractivity contribution in [1.29, 1.82) is 0 Å². The van der Waals surface area contributed by atoms with Gasteiger partial charge in [-0.15, -0.1) is 0 Å². The van der Waals surface area contributed by atoms with Gasteiger partial charge >= 0.3 is 0 Å². The lowest BCUT2D eigenvalue weighted by Crippen LogP contribution is -2.50. The van der Waals surface area contributed by atoms with Gasteiger partial charge in [0.2, 0.25) is 0 Å². The zero-order valence-corrected chi connectivity index (χ0v) is 13.7. The summed E-state index contributed by atoms with van der Waals surface area (Å²) in [6.45, 7) is 8.58. The number of ether oxygens (including phenoxy) is 1. The molecule has 1 aromatic rings. The van der Waals surface area contributed by atoms with Crippen LogP contribution in [-0.4, -0.2) is 19.2 Å². The molecule has 0 saturated heterocycles. The van der Waals surface area contributed by atoms with Crippen LogP contribution < -0.4 is 5.32 Å². The molecule has 0 fully saturated rings. The Morgan fingerprint density at radius 3 is 2.38 bits per heavy atom. The highest BCUT2D eigenvalue weighted by molar-refractivity contribution is 5.32. The second-order valence-electron chi connectivity index (χ2n) is 5.82. The van der Waals surface area contributed by atoms with Crippen molar-refractivity contribution in [3.05, 3.63) is 47.7 Å². The number of hydrogen-bond donors (Lipinski definition) is 1. The van der Waals surface area contributed by atoms with E-state index in [1.807, 2.05) is 0 Å². The van der Waals surface area contributed by atoms with Crippen molar-refractivity contribution in [3.63, 3.8) is 0 Å². The fourth-order valence-corrected chi connectivity index (χ4v) is 3.55. The van der Waals surface area contributed by atoms with Gasteiger partial charge in [-0.3, -0.25) is 0 Å². The summed E-state index contributed by atoms with van der Waals surface area (Å²) in [5, 5.41) is 3.70. The summed E-state index contributed by atoms with van der Waals surface area (Å²) >= 11 is 0. The lowest BCUT2D eigenvalue weighted by molar-refractivity contribution is 0.136. The number of benzene rings is 1. The monoisotopic (exact) mass is 287 g/mol. The van der Waals surface area contributed by atoms with Gasteiger partial charge in [0.1, 0.15) is 5.76 Å². The van der Waals surface area contributed by atoms with Gasteiger partial charge in [0.05, 0.1) is 12.6 Å². The average molecular weight is 287 g/mol. The van der Waals surface area contributed by atoms with Crippen molar-refractivity contribution in [3.8, 4) is 0 Å². The molecular weight excluding hydrogens is 258 g/mol. The minimum absolute atomic E-state index is 0.0977. The predicted octanol–water partition coefficient (Wildman–Crippen LogP) is 4.42. The molecule has 0 aromatic heterocycles. The van der Waals surface area contributed by atoms with Crippen molar-refractivity contribution < 1.29 is 4.74 Å². The Labute approximate surface area is 129 Å². The fourth-order valence-electron chi connectivity index (χ4n) is 3.55. The van der Waals surface area contributed by atoms with E-state index in [1.165, 1.54) is 5.56 Å². The maximum absolute atomic E-state index is 6.02. The van der Waals surface area contributed by atoms with Crippen molar-refractivity contribution in [2.75, 3.05) is 13.2 Å². The molecule has 2 rings (SSSR count). The molecule has 0 radical (unpaired) electrons. The van der Waals surface area contributed by atoms with Crippen LogP contribution in [-0.2, 0) is 10.2 Å². The second kappa shape index (κ2) is 7.65. The van der Waals surface area contributed by atoms with Crippen LogP contribution in [0.2, 0.25) is 0 Å². The summed E-state index contributed by atoms with van der Waals surface area (Å²) in [5.74, 6) is 1.15. The molecule has 1 atom stereocenters. The number of hydrogen-bond acceptors (Lipinski definition) is 2. The summed E-state index contributed by atoms with van der Waals surface area (Å²) in [5.41, 5.74) is 1.51. The Morgan fingerprint density at radius 2 is 1.86 bits per heavy atom. The predicted molar refractivity (Wildman–Crippen MR) is 89.4 cm³/mol. The van der Waals surface area contributed by atoms with Gasteiger partial charge in [0, 0.05) is 5.41 Å². The zero-order chi connectivity index (χ0) is 15.1. The summed E-state index contributed by atoms with van der Waals surface area (Å²) < 4.78 is 6.02. The first-order valence-corrected chi connectivity index (χ1v) is 8.40. The van der Waals surface area contributed by atoms with Crippen LogP contribution in [0.3, 0.4) is 0 Å². The molecule has 0 aliphatic carbocycles. The van der Waals surface area contributed by atoms with Crippen LogP contribution in [0.4, 0.5) is 0 Å². The maximum Gasteiger partial charge on any atom is 0.110 e.